The van der Waals surface area contributed by atoms with Gasteiger partial charge in [0.1, 0.15) is 23.8 Å². The Bertz CT molecular complexity index is 1230. The van der Waals surface area contributed by atoms with Crippen LogP contribution in [-0.4, -0.2) is 79.3 Å². The predicted molar refractivity (Wildman–Crippen MR) is 141 cm³/mol. The maximum absolute atomic E-state index is 12.5. The molecule has 2 N–H and O–H groups in total. The Balaban J connectivity index is 1.51. The van der Waals surface area contributed by atoms with Crippen molar-refractivity contribution in [2.75, 3.05) is 51.1 Å². The van der Waals surface area contributed by atoms with E-state index in [9.17, 15) is 18.0 Å². The molecule has 38 heavy (non-hydrogen) atoms. The average Bonchev–Trinajstić information content (AvgIpc) is 3.43. The van der Waals surface area contributed by atoms with Crippen LogP contribution in [0.25, 0.3) is 0 Å². The van der Waals surface area contributed by atoms with Crippen LogP contribution in [-0.2, 0) is 24.3 Å². The number of carbonyl (C=O) groups excluding carboxylic acids is 2. The number of nitrogens with zero attached hydrogens (tertiary/aromatic N) is 2. The summed E-state index contributed by atoms with van der Waals surface area (Å²) < 4.78 is 47.1. The number of hydrazone groups is 1. The molecule has 0 unspecified atom stereocenters. The largest absolute Gasteiger partial charge is 0.497 e. The van der Waals surface area contributed by atoms with E-state index < -0.39 is 22.5 Å². The van der Waals surface area contributed by atoms with E-state index in [-0.39, 0.29) is 30.1 Å². The van der Waals surface area contributed by atoms with Crippen LogP contribution in [0.3, 0.4) is 0 Å². The van der Waals surface area contributed by atoms with Gasteiger partial charge in [-0.15, -0.1) is 0 Å². The lowest BCUT2D eigenvalue weighted by Crippen LogP contribution is -2.39. The summed E-state index contributed by atoms with van der Waals surface area (Å²) in [4.78, 5) is 24.4. The standard InChI is InChI=1S/C25H32N4O8S/c1-34-20-10-11-23(35-2)22(13-20)29(38(3,32)33)16-24(30)28-27-14-18-6-8-19(9-7-18)37-17-25(31)26-15-21-5-4-12-36-21/h6-11,13-14,21H,4-5,12,15-17H2,1-3H3,(H,26,31)(H,28,30)/b27-14-/t21-/m1/s1. The summed E-state index contributed by atoms with van der Waals surface area (Å²) in [5, 5.41) is 6.68. The molecule has 206 valence electrons. The van der Waals surface area contributed by atoms with Crippen molar-refractivity contribution in [1.82, 2.24) is 10.7 Å². The van der Waals surface area contributed by atoms with Crippen LogP contribution in [0.1, 0.15) is 18.4 Å². The molecule has 0 aliphatic carbocycles. The van der Waals surface area contributed by atoms with Gasteiger partial charge in [-0.2, -0.15) is 5.10 Å². The van der Waals surface area contributed by atoms with Gasteiger partial charge in [0.2, 0.25) is 10.0 Å². The van der Waals surface area contributed by atoms with Crippen LogP contribution >= 0.6 is 0 Å². The second-order valence-corrected chi connectivity index (χ2v) is 10.3. The first-order valence-corrected chi connectivity index (χ1v) is 13.7. The zero-order valence-corrected chi connectivity index (χ0v) is 22.3. The van der Waals surface area contributed by atoms with Crippen molar-refractivity contribution in [1.29, 1.82) is 0 Å². The second kappa shape index (κ2) is 13.6. The molecule has 0 radical (unpaired) electrons. The highest BCUT2D eigenvalue weighted by molar-refractivity contribution is 7.92. The van der Waals surface area contributed by atoms with Gasteiger partial charge in [-0.25, -0.2) is 13.8 Å². The Kier molecular flexibility index (Phi) is 10.3. The number of rotatable bonds is 13. The Morgan fingerprint density at radius 1 is 1.11 bits per heavy atom. The molecular formula is C25H32N4O8S. The summed E-state index contributed by atoms with van der Waals surface area (Å²) in [6, 6.07) is 11.3. The molecule has 1 atom stereocenters. The Morgan fingerprint density at radius 3 is 2.47 bits per heavy atom. The number of hydrogen-bond donors (Lipinski definition) is 2. The quantitative estimate of drug-likeness (QED) is 0.281. The van der Waals surface area contributed by atoms with E-state index in [0.717, 1.165) is 30.0 Å². The molecule has 0 bridgehead atoms. The lowest BCUT2D eigenvalue weighted by Gasteiger charge is -2.23. The van der Waals surface area contributed by atoms with Gasteiger partial charge in [-0.1, -0.05) is 0 Å². The number of hydrogen-bond acceptors (Lipinski definition) is 9. The minimum absolute atomic E-state index is 0.0668. The number of amides is 2. The average molecular weight is 549 g/mol. The molecular weight excluding hydrogens is 516 g/mol. The second-order valence-electron chi connectivity index (χ2n) is 8.40. The highest BCUT2D eigenvalue weighted by atomic mass is 32.2. The molecule has 2 aromatic carbocycles. The molecule has 12 nitrogen and oxygen atoms in total. The van der Waals surface area contributed by atoms with Gasteiger partial charge < -0.3 is 24.3 Å². The van der Waals surface area contributed by atoms with Crippen LogP contribution in [0.4, 0.5) is 5.69 Å². The van der Waals surface area contributed by atoms with Gasteiger partial charge in [0.05, 0.1) is 38.5 Å². The first-order valence-electron chi connectivity index (χ1n) is 11.8. The minimum Gasteiger partial charge on any atom is -0.497 e. The van der Waals surface area contributed by atoms with Gasteiger partial charge >= 0.3 is 0 Å². The van der Waals surface area contributed by atoms with E-state index >= 15 is 0 Å². The maximum Gasteiger partial charge on any atom is 0.260 e. The van der Waals surface area contributed by atoms with E-state index in [4.69, 9.17) is 18.9 Å². The van der Waals surface area contributed by atoms with E-state index in [2.05, 4.69) is 15.8 Å². The number of sulfonamides is 1. The Labute approximate surface area is 221 Å². The van der Waals surface area contributed by atoms with E-state index in [1.165, 1.54) is 26.5 Å². The highest BCUT2D eigenvalue weighted by Gasteiger charge is 2.24. The molecule has 3 rings (SSSR count). The van der Waals surface area contributed by atoms with E-state index in [0.29, 0.717) is 23.6 Å². The summed E-state index contributed by atoms with van der Waals surface area (Å²) in [5.74, 6) is 0.262. The van der Waals surface area contributed by atoms with Crippen LogP contribution in [0.2, 0.25) is 0 Å². The molecule has 13 heteroatoms. The highest BCUT2D eigenvalue weighted by Crippen LogP contribution is 2.33. The van der Waals surface area contributed by atoms with Crippen LogP contribution in [0, 0.1) is 0 Å². The molecule has 0 saturated carbocycles. The molecule has 1 aliphatic heterocycles. The van der Waals surface area contributed by atoms with Crippen LogP contribution in [0.15, 0.2) is 47.6 Å². The lowest BCUT2D eigenvalue weighted by molar-refractivity contribution is -0.123. The zero-order chi connectivity index (χ0) is 27.5. The van der Waals surface area contributed by atoms with Gasteiger partial charge in [-0.05, 0) is 54.8 Å². The van der Waals surface area contributed by atoms with Crippen LogP contribution < -0.4 is 29.3 Å². The number of carbonyl (C=O) groups is 2. The van der Waals surface area contributed by atoms with Crippen molar-refractivity contribution in [3.63, 3.8) is 0 Å². The van der Waals surface area contributed by atoms with Crippen molar-refractivity contribution in [2.45, 2.75) is 18.9 Å². The van der Waals surface area contributed by atoms with Crippen molar-refractivity contribution in [3.05, 3.63) is 48.0 Å². The van der Waals surface area contributed by atoms with Gasteiger partial charge in [0.25, 0.3) is 11.8 Å². The Morgan fingerprint density at radius 2 is 1.84 bits per heavy atom. The number of methoxy groups -OCH3 is 2. The summed E-state index contributed by atoms with van der Waals surface area (Å²) in [5.41, 5.74) is 3.12. The molecule has 1 heterocycles. The third kappa shape index (κ3) is 8.63. The van der Waals surface area contributed by atoms with Crippen molar-refractivity contribution in [3.8, 4) is 17.2 Å². The maximum atomic E-state index is 12.5. The monoisotopic (exact) mass is 548 g/mol. The Hall–Kier alpha value is -3.84. The lowest BCUT2D eigenvalue weighted by atomic mass is 10.2. The summed E-state index contributed by atoms with van der Waals surface area (Å²) >= 11 is 0. The fourth-order valence-electron chi connectivity index (χ4n) is 3.60. The zero-order valence-electron chi connectivity index (χ0n) is 21.5. The molecule has 2 amide bonds. The molecule has 0 aromatic heterocycles. The topological polar surface area (TPSA) is 145 Å². The third-order valence-corrected chi connectivity index (χ3v) is 6.67. The number of ether oxygens (including phenoxy) is 4. The smallest absolute Gasteiger partial charge is 0.260 e. The fraction of sp³-hybridized carbons (Fsp3) is 0.400. The summed E-state index contributed by atoms with van der Waals surface area (Å²) in [6.45, 7) is 0.554. The van der Waals surface area contributed by atoms with Crippen molar-refractivity contribution < 1.29 is 37.0 Å². The normalized spacial score (nSPS) is 15.2. The van der Waals surface area contributed by atoms with Crippen molar-refractivity contribution >= 4 is 33.7 Å². The van der Waals surface area contributed by atoms with Gasteiger partial charge in [-0.3, -0.25) is 13.9 Å². The first-order chi connectivity index (χ1) is 18.2. The summed E-state index contributed by atoms with van der Waals surface area (Å²) in [6.07, 6.45) is 4.40. The number of nitrogens with one attached hydrogen (secondary N) is 2. The predicted octanol–water partition coefficient (Wildman–Crippen LogP) is 1.29. The molecule has 0 spiro atoms. The van der Waals surface area contributed by atoms with Crippen LogP contribution in [0.5, 0.6) is 17.2 Å². The van der Waals surface area contributed by atoms with Crippen molar-refractivity contribution in [2.24, 2.45) is 5.10 Å². The summed E-state index contributed by atoms with van der Waals surface area (Å²) in [7, 11) is -0.994. The van der Waals surface area contributed by atoms with E-state index in [1.807, 2.05) is 0 Å². The van der Waals surface area contributed by atoms with E-state index in [1.54, 1.807) is 36.4 Å². The third-order valence-electron chi connectivity index (χ3n) is 5.55. The first kappa shape index (κ1) is 28.7. The van der Waals surface area contributed by atoms with Gasteiger partial charge in [0, 0.05) is 19.2 Å². The SMILES string of the molecule is COc1ccc(OC)c(N(CC(=O)N/N=C\c2ccc(OCC(=O)NC[C@H]3CCCO3)cc2)S(C)(=O)=O)c1. The minimum atomic E-state index is -3.84. The number of anilines is 1. The molecule has 1 aliphatic rings. The molecule has 1 fully saturated rings. The van der Waals surface area contributed by atoms with Gasteiger partial charge in [0.15, 0.2) is 6.61 Å². The fourth-order valence-corrected chi connectivity index (χ4v) is 4.45. The molecule has 1 saturated heterocycles. The molecule has 2 aromatic rings. The number of benzene rings is 2.